The maximum atomic E-state index is 14.7. The molecular weight excluding hydrogens is 625 g/mol. The van der Waals surface area contributed by atoms with Gasteiger partial charge in [-0.1, -0.05) is 12.1 Å². The summed E-state index contributed by atoms with van der Waals surface area (Å²) < 4.78 is 84.9. The number of aliphatic carboxylic acids is 2. The molecule has 12 nitrogen and oxygen atoms in total. The molecule has 4 rings (SSSR count). The molecule has 0 atom stereocenters. The Morgan fingerprint density at radius 2 is 1.51 bits per heavy atom. The number of carbonyl (C=O) groups excluding carboxylic acids is 1. The van der Waals surface area contributed by atoms with Gasteiger partial charge >= 0.3 is 24.3 Å². The van der Waals surface area contributed by atoms with Gasteiger partial charge in [0.1, 0.15) is 17.3 Å². The van der Waals surface area contributed by atoms with Crippen LogP contribution in [0, 0.1) is 18.2 Å². The second-order valence-electron chi connectivity index (χ2n) is 8.87. The molecule has 1 saturated heterocycles. The number of alkyl halides is 6. The van der Waals surface area contributed by atoms with Crippen LogP contribution in [-0.4, -0.2) is 82.3 Å². The first kappa shape index (κ1) is 36.0. The molecular formula is C26H25F7N6O6. The number of hydrogen-bond donors (Lipinski definition) is 5. The van der Waals surface area contributed by atoms with Gasteiger partial charge in [-0.05, 0) is 43.3 Å². The Hall–Kier alpha value is -5.20. The van der Waals surface area contributed by atoms with Crippen LogP contribution in [0.15, 0.2) is 48.5 Å². The van der Waals surface area contributed by atoms with Gasteiger partial charge in [0.15, 0.2) is 0 Å². The number of aryl methyl sites for hydroxylation is 1. The molecule has 2 heterocycles. The Morgan fingerprint density at radius 3 is 2.00 bits per heavy atom. The highest BCUT2D eigenvalue weighted by molar-refractivity contribution is 6.03. The summed E-state index contributed by atoms with van der Waals surface area (Å²) in [4.78, 5) is 32.7. The molecule has 1 fully saturated rings. The highest BCUT2D eigenvalue weighted by atomic mass is 19.4. The van der Waals surface area contributed by atoms with Gasteiger partial charge in [0.2, 0.25) is 0 Å². The minimum atomic E-state index is -5.08. The molecule has 19 heteroatoms. The molecule has 0 radical (unpaired) electrons. The lowest BCUT2D eigenvalue weighted by Crippen LogP contribution is -2.36. The lowest BCUT2D eigenvalue weighted by atomic mass is 10.2. The number of halogens is 7. The number of nitrogen functional groups attached to an aromatic ring is 1. The van der Waals surface area contributed by atoms with E-state index in [2.05, 4.69) is 10.4 Å². The fourth-order valence-electron chi connectivity index (χ4n) is 3.50. The van der Waals surface area contributed by atoms with E-state index in [0.29, 0.717) is 54.6 Å². The lowest BCUT2D eigenvalue weighted by molar-refractivity contribution is -0.193. The summed E-state index contributed by atoms with van der Waals surface area (Å²) in [5.41, 5.74) is 8.47. The van der Waals surface area contributed by atoms with Crippen LogP contribution in [0.5, 0.6) is 0 Å². The Kier molecular flexibility index (Phi) is 12.0. The Bertz CT molecular complexity index is 1510. The number of carboxylic acid groups (broad SMARTS) is 2. The van der Waals surface area contributed by atoms with E-state index in [-0.39, 0.29) is 11.5 Å². The Balaban J connectivity index is 0.000000421. The van der Waals surface area contributed by atoms with Crippen LogP contribution in [0.25, 0.3) is 5.69 Å². The normalized spacial score (nSPS) is 13.0. The average Bonchev–Trinajstić information content (AvgIpc) is 3.35. The molecule has 0 aliphatic carbocycles. The van der Waals surface area contributed by atoms with Gasteiger partial charge in [-0.25, -0.2) is 18.7 Å². The number of nitrogens with one attached hydrogen (secondary N) is 2. The minimum absolute atomic E-state index is 0.0763. The number of amides is 1. The first-order chi connectivity index (χ1) is 20.8. The van der Waals surface area contributed by atoms with Gasteiger partial charge in [0.25, 0.3) is 5.91 Å². The maximum Gasteiger partial charge on any atom is 0.490 e. The molecule has 0 saturated carbocycles. The van der Waals surface area contributed by atoms with Crippen molar-refractivity contribution in [2.75, 3.05) is 36.5 Å². The monoisotopic (exact) mass is 650 g/mol. The van der Waals surface area contributed by atoms with Gasteiger partial charge in [-0.2, -0.15) is 31.4 Å². The second-order valence-corrected chi connectivity index (χ2v) is 8.87. The smallest absolute Gasteiger partial charge is 0.475 e. The van der Waals surface area contributed by atoms with Crippen molar-refractivity contribution >= 4 is 35.1 Å². The fourth-order valence-corrected chi connectivity index (χ4v) is 3.50. The van der Waals surface area contributed by atoms with Crippen LogP contribution in [0.1, 0.15) is 21.7 Å². The molecule has 1 aliphatic heterocycles. The number of rotatable bonds is 5. The second kappa shape index (κ2) is 15.0. The zero-order valence-electron chi connectivity index (χ0n) is 23.0. The Morgan fingerprint density at radius 1 is 0.956 bits per heavy atom. The van der Waals surface area contributed by atoms with E-state index in [4.69, 9.17) is 35.7 Å². The summed E-state index contributed by atoms with van der Waals surface area (Å²) in [5, 5.41) is 29.0. The molecule has 3 aromatic rings. The number of ether oxygens (including phenoxy) is 1. The van der Waals surface area contributed by atoms with Gasteiger partial charge in [0, 0.05) is 24.3 Å². The number of hydrogen-bond acceptors (Lipinski definition) is 7. The van der Waals surface area contributed by atoms with Crippen LogP contribution in [0.2, 0.25) is 0 Å². The number of carbonyl (C=O) groups is 3. The largest absolute Gasteiger partial charge is 0.490 e. The van der Waals surface area contributed by atoms with E-state index in [1.54, 1.807) is 49.4 Å². The fraction of sp³-hybridized carbons (Fsp3) is 0.269. The van der Waals surface area contributed by atoms with E-state index in [1.165, 1.54) is 10.7 Å². The van der Waals surface area contributed by atoms with Crippen molar-refractivity contribution in [2.24, 2.45) is 5.73 Å². The topological polar surface area (TPSA) is 184 Å². The maximum absolute atomic E-state index is 14.7. The lowest BCUT2D eigenvalue weighted by Gasteiger charge is -2.29. The first-order valence-corrected chi connectivity index (χ1v) is 12.4. The average molecular weight is 651 g/mol. The molecule has 2 aromatic carbocycles. The minimum Gasteiger partial charge on any atom is -0.475 e. The number of aromatic nitrogens is 2. The number of morpholine rings is 1. The van der Waals surface area contributed by atoms with E-state index in [0.717, 1.165) is 0 Å². The molecule has 0 bridgehead atoms. The summed E-state index contributed by atoms with van der Waals surface area (Å²) in [6.07, 6.45) is -10.2. The number of nitrogens with zero attached hydrogens (tertiary/aromatic N) is 3. The van der Waals surface area contributed by atoms with Crippen LogP contribution < -0.4 is 16.0 Å². The summed E-state index contributed by atoms with van der Waals surface area (Å²) in [6, 6.07) is 13.2. The van der Waals surface area contributed by atoms with Crippen molar-refractivity contribution in [1.29, 1.82) is 5.41 Å². The SMILES string of the molecule is Cc1cc(C(=O)Nc2ccc(N3CCOCC3)c(F)c2)n(-c2cccc(C(=N)N)c2)n1.O=C(O)C(F)(F)F.O=C(O)C(F)(F)F. The van der Waals surface area contributed by atoms with Crippen molar-refractivity contribution in [3.8, 4) is 5.69 Å². The highest BCUT2D eigenvalue weighted by Crippen LogP contribution is 2.24. The summed E-state index contributed by atoms with van der Waals surface area (Å²) in [5.74, 6) is -6.42. The third-order valence-corrected chi connectivity index (χ3v) is 5.51. The molecule has 0 unspecified atom stereocenters. The van der Waals surface area contributed by atoms with Gasteiger partial charge < -0.3 is 30.9 Å². The first-order valence-electron chi connectivity index (χ1n) is 12.4. The van der Waals surface area contributed by atoms with Crippen LogP contribution in [0.3, 0.4) is 0 Å². The zero-order chi connectivity index (χ0) is 34.1. The van der Waals surface area contributed by atoms with Crippen LogP contribution in [0.4, 0.5) is 42.1 Å². The summed E-state index contributed by atoms with van der Waals surface area (Å²) >= 11 is 0. The van der Waals surface area contributed by atoms with Crippen molar-refractivity contribution < 1.29 is 60.1 Å². The number of benzene rings is 2. The number of nitrogens with two attached hydrogens (primary N) is 1. The van der Waals surface area contributed by atoms with Crippen molar-refractivity contribution in [3.63, 3.8) is 0 Å². The summed E-state index contributed by atoms with van der Waals surface area (Å²) in [6.45, 7) is 4.15. The van der Waals surface area contributed by atoms with Crippen LogP contribution >= 0.6 is 0 Å². The highest BCUT2D eigenvalue weighted by Gasteiger charge is 2.38. The van der Waals surface area contributed by atoms with E-state index >= 15 is 0 Å². The van der Waals surface area contributed by atoms with Crippen molar-refractivity contribution in [1.82, 2.24) is 9.78 Å². The molecule has 45 heavy (non-hydrogen) atoms. The molecule has 6 N–H and O–H groups in total. The number of amidine groups is 1. The van der Waals surface area contributed by atoms with E-state index in [1.807, 2.05) is 4.90 Å². The van der Waals surface area contributed by atoms with E-state index < -0.39 is 36.0 Å². The molecule has 1 amide bonds. The number of anilines is 2. The molecule has 244 valence electrons. The third kappa shape index (κ3) is 10.8. The predicted molar refractivity (Wildman–Crippen MR) is 144 cm³/mol. The Labute approximate surface area is 249 Å². The third-order valence-electron chi connectivity index (χ3n) is 5.51. The molecule has 0 spiro atoms. The standard InChI is InChI=1S/C22H23FN6O2.2C2HF3O2/c1-14-11-20(29(27-14)17-4-2-3-15(12-17)21(24)25)22(30)26-16-5-6-19(18(23)13-16)28-7-9-31-10-8-28;2*3-2(4,5)1(6)7/h2-6,11-13H,7-10H2,1H3,(H3,24,25)(H,26,30);2*(H,6,7). The number of carboxylic acids is 2. The molecule has 1 aromatic heterocycles. The summed E-state index contributed by atoms with van der Waals surface area (Å²) in [7, 11) is 0. The zero-order valence-corrected chi connectivity index (χ0v) is 23.0. The predicted octanol–water partition coefficient (Wildman–Crippen LogP) is 3.96. The quantitative estimate of drug-likeness (QED) is 0.155. The van der Waals surface area contributed by atoms with E-state index in [9.17, 15) is 35.5 Å². The van der Waals surface area contributed by atoms with Crippen molar-refractivity contribution in [3.05, 3.63) is 71.3 Å². The van der Waals surface area contributed by atoms with Gasteiger partial charge in [-0.15, -0.1) is 0 Å². The molecule has 1 aliphatic rings. The van der Waals surface area contributed by atoms with Crippen LogP contribution in [-0.2, 0) is 14.3 Å². The van der Waals surface area contributed by atoms with Gasteiger partial charge in [-0.3, -0.25) is 10.2 Å². The van der Waals surface area contributed by atoms with Crippen molar-refractivity contribution in [2.45, 2.75) is 19.3 Å². The van der Waals surface area contributed by atoms with Gasteiger partial charge in [0.05, 0.1) is 30.3 Å².